The van der Waals surface area contributed by atoms with Gasteiger partial charge in [-0.05, 0) is 57.1 Å². The number of rotatable bonds is 3. The number of halogens is 4. The van der Waals surface area contributed by atoms with Crippen LogP contribution >= 0.6 is 11.6 Å². The largest absolute Gasteiger partial charge is 0.417 e. The van der Waals surface area contributed by atoms with Gasteiger partial charge in [0.15, 0.2) is 5.82 Å². The minimum Gasteiger partial charge on any atom is -0.364 e. The summed E-state index contributed by atoms with van der Waals surface area (Å²) in [5.74, 6) is 0.701. The van der Waals surface area contributed by atoms with E-state index in [1.54, 1.807) is 6.07 Å². The topological polar surface area (TPSA) is 41.1 Å². The van der Waals surface area contributed by atoms with Gasteiger partial charge in [-0.25, -0.2) is 0 Å². The van der Waals surface area contributed by atoms with Crippen LogP contribution in [-0.4, -0.2) is 41.3 Å². The van der Waals surface area contributed by atoms with Gasteiger partial charge in [-0.2, -0.15) is 13.2 Å². The van der Waals surface area contributed by atoms with Gasteiger partial charge in [0.1, 0.15) is 0 Å². The van der Waals surface area contributed by atoms with E-state index < -0.39 is 11.7 Å². The first-order valence-electron chi connectivity index (χ1n) is 8.40. The van der Waals surface area contributed by atoms with Crippen LogP contribution in [0.25, 0.3) is 11.3 Å². The molecular formula is C18H20ClF3N4. The van der Waals surface area contributed by atoms with Crippen LogP contribution in [0.1, 0.15) is 24.0 Å². The van der Waals surface area contributed by atoms with Crippen LogP contribution in [0.4, 0.5) is 19.0 Å². The van der Waals surface area contributed by atoms with Gasteiger partial charge in [0, 0.05) is 18.2 Å². The van der Waals surface area contributed by atoms with Gasteiger partial charge in [-0.1, -0.05) is 17.7 Å². The van der Waals surface area contributed by atoms with Gasteiger partial charge >= 0.3 is 6.18 Å². The molecule has 0 spiro atoms. The molecule has 0 unspecified atom stereocenters. The number of aryl methyl sites for hydroxylation is 1. The lowest BCUT2D eigenvalue weighted by Gasteiger charge is -2.30. The summed E-state index contributed by atoms with van der Waals surface area (Å²) in [7, 11) is 2.09. The maximum atomic E-state index is 12.8. The maximum Gasteiger partial charge on any atom is 0.417 e. The number of likely N-dealkylation sites (N-methyl/N-ethyl adjacent to an activating group) is 1. The average molecular weight is 385 g/mol. The predicted molar refractivity (Wildman–Crippen MR) is 96.4 cm³/mol. The summed E-state index contributed by atoms with van der Waals surface area (Å²) in [6.07, 6.45) is -2.28. The minimum atomic E-state index is -4.47. The molecule has 2 aromatic rings. The summed E-state index contributed by atoms with van der Waals surface area (Å²) < 4.78 is 38.5. The smallest absolute Gasteiger partial charge is 0.364 e. The molecule has 140 valence electrons. The highest BCUT2D eigenvalue weighted by molar-refractivity contribution is 6.31. The van der Waals surface area contributed by atoms with E-state index in [9.17, 15) is 13.2 Å². The monoisotopic (exact) mass is 384 g/mol. The Kier molecular flexibility index (Phi) is 5.39. The van der Waals surface area contributed by atoms with Crippen LogP contribution in [0.3, 0.4) is 0 Å². The van der Waals surface area contributed by atoms with Gasteiger partial charge in [-0.15, -0.1) is 10.2 Å². The Bertz CT molecular complexity index is 794. The lowest BCUT2D eigenvalue weighted by molar-refractivity contribution is -0.137. The number of hydrogen-bond donors (Lipinski definition) is 1. The van der Waals surface area contributed by atoms with Crippen molar-refractivity contribution in [2.45, 2.75) is 32.0 Å². The number of likely N-dealkylation sites (tertiary alicyclic amines) is 1. The zero-order chi connectivity index (χ0) is 18.9. The van der Waals surface area contributed by atoms with Crippen molar-refractivity contribution in [1.82, 2.24) is 15.1 Å². The van der Waals surface area contributed by atoms with E-state index in [2.05, 4.69) is 27.5 Å². The number of hydrogen-bond acceptors (Lipinski definition) is 4. The number of benzene rings is 1. The van der Waals surface area contributed by atoms with E-state index in [-0.39, 0.29) is 5.02 Å². The lowest BCUT2D eigenvalue weighted by Crippen LogP contribution is -2.40. The zero-order valence-corrected chi connectivity index (χ0v) is 15.3. The molecule has 0 saturated carbocycles. The fourth-order valence-corrected chi connectivity index (χ4v) is 3.44. The fourth-order valence-electron chi connectivity index (χ4n) is 3.15. The Labute approximate surface area is 155 Å². The number of alkyl halides is 3. The molecule has 8 heteroatoms. The first-order valence-corrected chi connectivity index (χ1v) is 8.78. The number of anilines is 1. The number of nitrogens with one attached hydrogen (secondary N) is 1. The van der Waals surface area contributed by atoms with Crippen molar-refractivity contribution in [3.8, 4) is 11.3 Å². The van der Waals surface area contributed by atoms with Gasteiger partial charge < -0.3 is 10.2 Å². The number of aromatic nitrogens is 2. The minimum absolute atomic E-state index is 0.313. The molecule has 26 heavy (non-hydrogen) atoms. The highest BCUT2D eigenvalue weighted by Crippen LogP contribution is 2.36. The highest BCUT2D eigenvalue weighted by Gasteiger charge is 2.33. The molecule has 1 saturated heterocycles. The second-order valence-corrected chi connectivity index (χ2v) is 7.11. The predicted octanol–water partition coefficient (Wildman–Crippen LogP) is 4.63. The summed E-state index contributed by atoms with van der Waals surface area (Å²) in [4.78, 5) is 2.27. The molecular weight excluding hydrogens is 365 g/mol. The molecule has 0 bridgehead atoms. The van der Waals surface area contributed by atoms with Gasteiger partial charge in [0.05, 0.1) is 16.3 Å². The number of piperidine rings is 1. The van der Waals surface area contributed by atoms with E-state index in [1.165, 1.54) is 12.1 Å². The summed E-state index contributed by atoms with van der Waals surface area (Å²) in [5, 5.41) is 11.5. The summed E-state index contributed by atoms with van der Waals surface area (Å²) in [5.41, 5.74) is 1.03. The molecule has 4 nitrogen and oxygen atoms in total. The first kappa shape index (κ1) is 18.9. The quantitative estimate of drug-likeness (QED) is 0.837. The van der Waals surface area contributed by atoms with E-state index in [4.69, 9.17) is 11.6 Å². The number of nitrogens with zero attached hydrogens (tertiary/aromatic N) is 3. The molecule has 2 heterocycles. The highest BCUT2D eigenvalue weighted by atomic mass is 35.5. The Morgan fingerprint density at radius 3 is 2.62 bits per heavy atom. The van der Waals surface area contributed by atoms with Crippen LogP contribution < -0.4 is 5.32 Å². The lowest BCUT2D eigenvalue weighted by atomic mass is 10.1. The van der Waals surface area contributed by atoms with Crippen LogP contribution in [0, 0.1) is 6.92 Å². The third-order valence-electron chi connectivity index (χ3n) is 4.52. The second-order valence-electron chi connectivity index (χ2n) is 6.70. The average Bonchev–Trinajstić information content (AvgIpc) is 2.55. The molecule has 3 rings (SSSR count). The summed E-state index contributed by atoms with van der Waals surface area (Å²) in [6, 6.07) is 5.73. The molecule has 0 radical (unpaired) electrons. The Hall–Kier alpha value is -1.86. The normalized spacial score (nSPS) is 18.8. The van der Waals surface area contributed by atoms with Gasteiger partial charge in [0.2, 0.25) is 0 Å². The maximum absolute atomic E-state index is 12.8. The van der Waals surface area contributed by atoms with Crippen molar-refractivity contribution in [3.63, 3.8) is 0 Å². The van der Waals surface area contributed by atoms with E-state index >= 15 is 0 Å². The molecule has 1 atom stereocenters. The fraction of sp³-hybridized carbons (Fsp3) is 0.444. The van der Waals surface area contributed by atoms with Gasteiger partial charge in [0.25, 0.3) is 0 Å². The van der Waals surface area contributed by atoms with E-state index in [1.807, 2.05) is 6.92 Å². The third-order valence-corrected chi connectivity index (χ3v) is 4.83. The standard InChI is InChI=1S/C18H20ClF3N4/c1-11-8-16(12-5-6-14(15(19)9-12)18(20,21)22)24-25-17(11)23-13-4-3-7-26(2)10-13/h5-6,8-9,13H,3-4,7,10H2,1-2H3,(H,23,25)/t13-/m1/s1. The SMILES string of the molecule is Cc1cc(-c2ccc(C(F)(F)F)c(Cl)c2)nnc1N[C@@H]1CCCN(C)C1. The van der Waals surface area contributed by atoms with E-state index in [0.717, 1.165) is 37.6 Å². The molecule has 1 N–H and O–H groups in total. The first-order chi connectivity index (χ1) is 12.2. The van der Waals surface area contributed by atoms with Crippen molar-refractivity contribution in [1.29, 1.82) is 0 Å². The van der Waals surface area contributed by atoms with Crippen LogP contribution in [0.15, 0.2) is 24.3 Å². The third kappa shape index (κ3) is 4.27. The molecule has 1 aliphatic heterocycles. The van der Waals surface area contributed by atoms with Crippen molar-refractivity contribution >= 4 is 17.4 Å². The molecule has 0 amide bonds. The molecule has 1 aromatic heterocycles. The Morgan fingerprint density at radius 2 is 2.00 bits per heavy atom. The zero-order valence-electron chi connectivity index (χ0n) is 14.6. The van der Waals surface area contributed by atoms with Crippen molar-refractivity contribution < 1.29 is 13.2 Å². The van der Waals surface area contributed by atoms with Crippen molar-refractivity contribution in [2.75, 3.05) is 25.5 Å². The van der Waals surface area contributed by atoms with Gasteiger partial charge in [-0.3, -0.25) is 0 Å². The van der Waals surface area contributed by atoms with Crippen LogP contribution in [0.2, 0.25) is 5.02 Å². The summed E-state index contributed by atoms with van der Waals surface area (Å²) >= 11 is 5.79. The van der Waals surface area contributed by atoms with Crippen LogP contribution in [0.5, 0.6) is 0 Å². The molecule has 1 aliphatic rings. The van der Waals surface area contributed by atoms with Crippen molar-refractivity contribution in [3.05, 3.63) is 40.4 Å². The summed E-state index contributed by atoms with van der Waals surface area (Å²) in [6.45, 7) is 3.94. The Morgan fingerprint density at radius 1 is 1.23 bits per heavy atom. The van der Waals surface area contributed by atoms with Crippen LogP contribution in [-0.2, 0) is 6.18 Å². The molecule has 1 fully saturated rings. The molecule has 0 aliphatic carbocycles. The van der Waals surface area contributed by atoms with E-state index in [0.29, 0.717) is 23.1 Å². The van der Waals surface area contributed by atoms with Crippen molar-refractivity contribution in [2.24, 2.45) is 0 Å². The molecule has 1 aromatic carbocycles. The second kappa shape index (κ2) is 7.40. The Balaban J connectivity index is 1.80.